The number of hydrogen-bond donors (Lipinski definition) is 2. The van der Waals surface area contributed by atoms with Crippen molar-refractivity contribution in [3.8, 4) is 0 Å². The van der Waals surface area contributed by atoms with Crippen molar-refractivity contribution >= 4 is 23.3 Å². The summed E-state index contributed by atoms with van der Waals surface area (Å²) in [5.41, 5.74) is 0.447. The molecular formula is C14H22ClN5O. The van der Waals surface area contributed by atoms with Crippen LogP contribution in [0.1, 0.15) is 10.4 Å². The van der Waals surface area contributed by atoms with Crippen molar-refractivity contribution in [2.24, 2.45) is 0 Å². The second kappa shape index (κ2) is 7.06. The number of pyridine rings is 1. The van der Waals surface area contributed by atoms with Crippen LogP contribution in [0, 0.1) is 0 Å². The number of anilines is 1. The first-order valence-electron chi connectivity index (χ1n) is 7.01. The number of aromatic nitrogens is 1. The molecule has 1 aromatic heterocycles. The van der Waals surface area contributed by atoms with E-state index in [1.807, 2.05) is 0 Å². The zero-order chi connectivity index (χ0) is 15.4. The molecule has 1 unspecified atom stereocenters. The van der Waals surface area contributed by atoms with Crippen LogP contribution in [0.25, 0.3) is 0 Å². The Hall–Kier alpha value is -1.37. The number of nitrogens with one attached hydrogen (secondary N) is 2. The van der Waals surface area contributed by atoms with Crippen LogP contribution in [0.2, 0.25) is 5.02 Å². The van der Waals surface area contributed by atoms with Gasteiger partial charge in [0.2, 0.25) is 0 Å². The Morgan fingerprint density at radius 1 is 1.48 bits per heavy atom. The Labute approximate surface area is 130 Å². The van der Waals surface area contributed by atoms with Crippen molar-refractivity contribution in [2.75, 3.05) is 52.6 Å². The molecule has 0 aromatic carbocycles. The predicted octanol–water partition coefficient (Wildman–Crippen LogP) is 0.752. The normalized spacial score (nSPS) is 20.3. The number of halogens is 1. The standard InChI is InChI=1S/C14H22ClN5O/c1-16-13-6-11(12(15)8-17-13)14(21)18-7-10-9-19(2)4-5-20(10)3/h6,8,10H,4-5,7,9H2,1-3H3,(H,16,17)(H,18,21). The van der Waals surface area contributed by atoms with Gasteiger partial charge in [-0.3, -0.25) is 9.69 Å². The van der Waals surface area contributed by atoms with Crippen molar-refractivity contribution < 1.29 is 4.79 Å². The summed E-state index contributed by atoms with van der Waals surface area (Å²) in [4.78, 5) is 20.9. The Kier molecular flexibility index (Phi) is 5.39. The number of carbonyl (C=O) groups excluding carboxylic acids is 1. The van der Waals surface area contributed by atoms with Gasteiger partial charge in [-0.05, 0) is 20.2 Å². The number of nitrogens with zero attached hydrogens (tertiary/aromatic N) is 3. The van der Waals surface area contributed by atoms with Gasteiger partial charge in [0.25, 0.3) is 5.91 Å². The first kappa shape index (κ1) is 16.0. The Balaban J connectivity index is 1.98. The maximum atomic E-state index is 12.3. The molecule has 1 fully saturated rings. The van der Waals surface area contributed by atoms with Crippen LogP contribution < -0.4 is 10.6 Å². The fraction of sp³-hybridized carbons (Fsp3) is 0.571. The van der Waals surface area contributed by atoms with Gasteiger partial charge in [-0.25, -0.2) is 4.98 Å². The number of piperazine rings is 1. The molecule has 0 spiro atoms. The lowest BCUT2D eigenvalue weighted by molar-refractivity contribution is 0.0881. The molecule has 1 aliphatic heterocycles. The van der Waals surface area contributed by atoms with E-state index >= 15 is 0 Å². The zero-order valence-electron chi connectivity index (χ0n) is 12.7. The predicted molar refractivity (Wildman–Crippen MR) is 85.0 cm³/mol. The van der Waals surface area contributed by atoms with Crippen LogP contribution in [-0.4, -0.2) is 74.1 Å². The monoisotopic (exact) mass is 311 g/mol. The van der Waals surface area contributed by atoms with E-state index in [4.69, 9.17) is 11.6 Å². The third-order valence-corrected chi connectivity index (χ3v) is 4.14. The average Bonchev–Trinajstić information content (AvgIpc) is 2.48. The summed E-state index contributed by atoms with van der Waals surface area (Å²) in [5, 5.41) is 6.23. The number of rotatable bonds is 4. The van der Waals surface area contributed by atoms with Crippen molar-refractivity contribution in [1.29, 1.82) is 0 Å². The van der Waals surface area contributed by atoms with Gasteiger partial charge in [-0.2, -0.15) is 0 Å². The summed E-state index contributed by atoms with van der Waals surface area (Å²) < 4.78 is 0. The first-order valence-corrected chi connectivity index (χ1v) is 7.39. The van der Waals surface area contributed by atoms with Crippen LogP contribution in [0.15, 0.2) is 12.3 Å². The summed E-state index contributed by atoms with van der Waals surface area (Å²) in [6.07, 6.45) is 1.49. The van der Waals surface area contributed by atoms with E-state index in [1.54, 1.807) is 13.1 Å². The molecule has 0 radical (unpaired) electrons. The fourth-order valence-electron chi connectivity index (χ4n) is 2.38. The molecule has 6 nitrogen and oxygen atoms in total. The van der Waals surface area contributed by atoms with E-state index in [9.17, 15) is 4.79 Å². The number of hydrogen-bond acceptors (Lipinski definition) is 5. The molecule has 2 N–H and O–H groups in total. The topological polar surface area (TPSA) is 60.5 Å². The van der Waals surface area contributed by atoms with Crippen molar-refractivity contribution in [1.82, 2.24) is 20.1 Å². The third kappa shape index (κ3) is 4.06. The molecular weight excluding hydrogens is 290 g/mol. The minimum atomic E-state index is -0.166. The van der Waals surface area contributed by atoms with Crippen LogP contribution in [0.5, 0.6) is 0 Å². The molecule has 0 bridgehead atoms. The maximum Gasteiger partial charge on any atom is 0.253 e. The summed E-state index contributed by atoms with van der Waals surface area (Å²) in [6.45, 7) is 3.62. The molecule has 0 aliphatic carbocycles. The molecule has 2 heterocycles. The van der Waals surface area contributed by atoms with E-state index < -0.39 is 0 Å². The first-order chi connectivity index (χ1) is 10.0. The summed E-state index contributed by atoms with van der Waals surface area (Å²) in [7, 11) is 5.94. The highest BCUT2D eigenvalue weighted by Crippen LogP contribution is 2.17. The lowest BCUT2D eigenvalue weighted by Crippen LogP contribution is -2.54. The minimum absolute atomic E-state index is 0.166. The second-order valence-corrected chi connectivity index (χ2v) is 5.81. The molecule has 1 saturated heterocycles. The van der Waals surface area contributed by atoms with Gasteiger partial charge >= 0.3 is 0 Å². The highest BCUT2D eigenvalue weighted by Gasteiger charge is 2.23. The molecule has 2 rings (SSSR count). The molecule has 1 amide bonds. The molecule has 0 saturated carbocycles. The lowest BCUT2D eigenvalue weighted by atomic mass is 10.1. The molecule has 116 valence electrons. The highest BCUT2D eigenvalue weighted by molar-refractivity contribution is 6.33. The smallest absolute Gasteiger partial charge is 0.253 e. The van der Waals surface area contributed by atoms with Crippen LogP contribution in [-0.2, 0) is 0 Å². The number of amides is 1. The van der Waals surface area contributed by atoms with E-state index in [2.05, 4.69) is 39.5 Å². The number of likely N-dealkylation sites (N-methyl/N-ethyl adjacent to an activating group) is 2. The van der Waals surface area contributed by atoms with E-state index in [0.717, 1.165) is 19.6 Å². The molecule has 1 atom stereocenters. The Bertz CT molecular complexity index is 510. The molecule has 1 aromatic rings. The molecule has 21 heavy (non-hydrogen) atoms. The van der Waals surface area contributed by atoms with E-state index in [0.29, 0.717) is 29.0 Å². The van der Waals surface area contributed by atoms with Gasteiger partial charge in [0.15, 0.2) is 0 Å². The Morgan fingerprint density at radius 3 is 2.95 bits per heavy atom. The van der Waals surface area contributed by atoms with Gasteiger partial charge in [0, 0.05) is 45.5 Å². The Morgan fingerprint density at radius 2 is 2.24 bits per heavy atom. The summed E-state index contributed by atoms with van der Waals surface area (Å²) in [5.74, 6) is 0.458. The molecule has 1 aliphatic rings. The van der Waals surface area contributed by atoms with Gasteiger partial charge in [-0.1, -0.05) is 11.6 Å². The van der Waals surface area contributed by atoms with E-state index in [1.165, 1.54) is 6.20 Å². The lowest BCUT2D eigenvalue weighted by Gasteiger charge is -2.37. The minimum Gasteiger partial charge on any atom is -0.373 e. The fourth-order valence-corrected chi connectivity index (χ4v) is 2.57. The SMILES string of the molecule is CNc1cc(C(=O)NCC2CN(C)CCN2C)c(Cl)cn1. The van der Waals surface area contributed by atoms with E-state index in [-0.39, 0.29) is 5.91 Å². The van der Waals surface area contributed by atoms with Crippen molar-refractivity contribution in [3.05, 3.63) is 22.8 Å². The van der Waals surface area contributed by atoms with Crippen LogP contribution in [0.4, 0.5) is 5.82 Å². The van der Waals surface area contributed by atoms with Crippen molar-refractivity contribution in [3.63, 3.8) is 0 Å². The summed E-state index contributed by atoms with van der Waals surface area (Å²) in [6, 6.07) is 1.98. The van der Waals surface area contributed by atoms with Crippen LogP contribution >= 0.6 is 11.6 Å². The van der Waals surface area contributed by atoms with Gasteiger partial charge in [0.05, 0.1) is 10.6 Å². The zero-order valence-corrected chi connectivity index (χ0v) is 13.4. The van der Waals surface area contributed by atoms with Gasteiger partial charge in [0.1, 0.15) is 5.82 Å². The van der Waals surface area contributed by atoms with Crippen molar-refractivity contribution in [2.45, 2.75) is 6.04 Å². The molecule has 7 heteroatoms. The van der Waals surface area contributed by atoms with Gasteiger partial charge < -0.3 is 15.5 Å². The largest absolute Gasteiger partial charge is 0.373 e. The average molecular weight is 312 g/mol. The quantitative estimate of drug-likeness (QED) is 0.859. The number of carbonyl (C=O) groups is 1. The van der Waals surface area contributed by atoms with Gasteiger partial charge in [-0.15, -0.1) is 0 Å². The highest BCUT2D eigenvalue weighted by atomic mass is 35.5. The maximum absolute atomic E-state index is 12.3. The summed E-state index contributed by atoms with van der Waals surface area (Å²) >= 11 is 6.05. The second-order valence-electron chi connectivity index (χ2n) is 5.41. The third-order valence-electron chi connectivity index (χ3n) is 3.83. The van der Waals surface area contributed by atoms with Crippen LogP contribution in [0.3, 0.4) is 0 Å².